The van der Waals surface area contributed by atoms with Crippen LogP contribution in [0.15, 0.2) is 24.3 Å². The molecule has 1 rings (SSSR count). The standard InChI is InChI=1S/C10H16N2O3S/c1-8(12(2)16(11,13)14)9-6-4-5-7-10(9)15-3/h4-8H,1-3H3,(H2,11,13,14)/t8-/m1/s1. The van der Waals surface area contributed by atoms with Gasteiger partial charge in [0.1, 0.15) is 5.75 Å². The number of rotatable bonds is 4. The van der Waals surface area contributed by atoms with Gasteiger partial charge in [0.2, 0.25) is 0 Å². The highest BCUT2D eigenvalue weighted by molar-refractivity contribution is 7.86. The zero-order valence-electron chi connectivity index (χ0n) is 9.54. The Labute approximate surface area is 96.0 Å². The zero-order valence-corrected chi connectivity index (χ0v) is 10.4. The second-order valence-electron chi connectivity index (χ2n) is 3.48. The molecule has 6 heteroatoms. The summed E-state index contributed by atoms with van der Waals surface area (Å²) in [5, 5.41) is 5.07. The molecule has 0 spiro atoms. The Hall–Kier alpha value is -1.11. The van der Waals surface area contributed by atoms with Crippen molar-refractivity contribution in [2.75, 3.05) is 14.2 Å². The first-order chi connectivity index (χ1) is 7.38. The van der Waals surface area contributed by atoms with Crippen LogP contribution in [0.2, 0.25) is 0 Å². The van der Waals surface area contributed by atoms with E-state index in [1.807, 2.05) is 18.2 Å². The molecule has 0 heterocycles. The monoisotopic (exact) mass is 244 g/mol. The molecule has 90 valence electrons. The van der Waals surface area contributed by atoms with E-state index in [1.54, 1.807) is 20.1 Å². The van der Waals surface area contributed by atoms with Crippen molar-refractivity contribution in [3.8, 4) is 5.75 Å². The van der Waals surface area contributed by atoms with Gasteiger partial charge in [-0.15, -0.1) is 0 Å². The van der Waals surface area contributed by atoms with Crippen LogP contribution in [0.1, 0.15) is 18.5 Å². The van der Waals surface area contributed by atoms with Gasteiger partial charge in [-0.25, -0.2) is 5.14 Å². The molecule has 0 radical (unpaired) electrons. The third kappa shape index (κ3) is 2.72. The average Bonchev–Trinajstić information content (AvgIpc) is 2.25. The molecule has 1 aromatic carbocycles. The van der Waals surface area contributed by atoms with Crippen LogP contribution in [0.25, 0.3) is 0 Å². The van der Waals surface area contributed by atoms with Crippen LogP contribution in [-0.4, -0.2) is 26.9 Å². The van der Waals surface area contributed by atoms with E-state index in [-0.39, 0.29) is 6.04 Å². The highest BCUT2D eigenvalue weighted by atomic mass is 32.2. The van der Waals surface area contributed by atoms with Gasteiger partial charge in [-0.2, -0.15) is 12.7 Å². The minimum Gasteiger partial charge on any atom is -0.496 e. The van der Waals surface area contributed by atoms with Crippen molar-refractivity contribution < 1.29 is 13.2 Å². The molecular formula is C10H16N2O3S. The van der Waals surface area contributed by atoms with Gasteiger partial charge in [0, 0.05) is 12.6 Å². The largest absolute Gasteiger partial charge is 0.496 e. The normalized spacial score (nSPS) is 13.8. The van der Waals surface area contributed by atoms with Crippen LogP contribution in [0.4, 0.5) is 0 Å². The minimum atomic E-state index is -3.70. The van der Waals surface area contributed by atoms with Gasteiger partial charge < -0.3 is 4.74 Å². The van der Waals surface area contributed by atoms with E-state index < -0.39 is 10.2 Å². The van der Waals surface area contributed by atoms with E-state index in [0.717, 1.165) is 9.87 Å². The number of nitrogens with two attached hydrogens (primary N) is 1. The van der Waals surface area contributed by atoms with E-state index in [0.29, 0.717) is 5.75 Å². The van der Waals surface area contributed by atoms with Crippen LogP contribution in [0.3, 0.4) is 0 Å². The number of ether oxygens (including phenoxy) is 1. The van der Waals surface area contributed by atoms with E-state index in [9.17, 15) is 8.42 Å². The molecule has 1 aromatic rings. The van der Waals surface area contributed by atoms with Crippen molar-refractivity contribution in [2.45, 2.75) is 13.0 Å². The Morgan fingerprint density at radius 3 is 2.44 bits per heavy atom. The summed E-state index contributed by atoms with van der Waals surface area (Å²) in [6.45, 7) is 1.75. The smallest absolute Gasteiger partial charge is 0.277 e. The molecule has 0 fully saturated rings. The maximum Gasteiger partial charge on any atom is 0.277 e. The van der Waals surface area contributed by atoms with Crippen LogP contribution in [-0.2, 0) is 10.2 Å². The summed E-state index contributed by atoms with van der Waals surface area (Å²) in [6.07, 6.45) is 0. The van der Waals surface area contributed by atoms with Gasteiger partial charge in [0.15, 0.2) is 0 Å². The van der Waals surface area contributed by atoms with Gasteiger partial charge in [0.25, 0.3) is 10.2 Å². The van der Waals surface area contributed by atoms with Crippen LogP contribution < -0.4 is 9.88 Å². The highest BCUT2D eigenvalue weighted by Crippen LogP contribution is 2.28. The molecule has 0 saturated carbocycles. The lowest BCUT2D eigenvalue weighted by Gasteiger charge is -2.23. The Balaban J connectivity index is 3.10. The molecule has 5 nitrogen and oxygen atoms in total. The Morgan fingerprint density at radius 1 is 1.38 bits per heavy atom. The summed E-state index contributed by atoms with van der Waals surface area (Å²) < 4.78 is 28.7. The lowest BCUT2D eigenvalue weighted by Crippen LogP contribution is -2.35. The SMILES string of the molecule is COc1ccccc1[C@@H](C)N(C)S(N)(=O)=O. The first kappa shape index (κ1) is 13.0. The van der Waals surface area contributed by atoms with Gasteiger partial charge in [-0.05, 0) is 13.0 Å². The molecule has 0 aliphatic rings. The molecule has 0 aromatic heterocycles. The molecule has 16 heavy (non-hydrogen) atoms. The summed E-state index contributed by atoms with van der Waals surface area (Å²) in [5.74, 6) is 0.644. The Bertz CT molecular complexity index is 459. The van der Waals surface area contributed by atoms with Gasteiger partial charge in [-0.3, -0.25) is 0 Å². The van der Waals surface area contributed by atoms with Gasteiger partial charge >= 0.3 is 0 Å². The number of hydrogen-bond donors (Lipinski definition) is 1. The molecule has 0 aliphatic heterocycles. The van der Waals surface area contributed by atoms with E-state index >= 15 is 0 Å². The quantitative estimate of drug-likeness (QED) is 0.855. The minimum absolute atomic E-state index is 0.369. The second kappa shape index (κ2) is 4.82. The van der Waals surface area contributed by atoms with Gasteiger partial charge in [0.05, 0.1) is 13.2 Å². The first-order valence-corrected chi connectivity index (χ1v) is 6.27. The van der Waals surface area contributed by atoms with Crippen molar-refractivity contribution in [2.24, 2.45) is 5.14 Å². The topological polar surface area (TPSA) is 72.6 Å². The first-order valence-electron chi connectivity index (χ1n) is 4.76. The van der Waals surface area contributed by atoms with Gasteiger partial charge in [-0.1, -0.05) is 18.2 Å². The summed E-state index contributed by atoms with van der Waals surface area (Å²) in [5.41, 5.74) is 0.779. The third-order valence-corrected chi connectivity index (χ3v) is 3.65. The fourth-order valence-corrected chi connectivity index (χ4v) is 1.98. The fourth-order valence-electron chi connectivity index (χ4n) is 1.43. The second-order valence-corrected chi connectivity index (χ2v) is 5.08. The number of methoxy groups -OCH3 is 1. The molecule has 0 amide bonds. The summed E-state index contributed by atoms with van der Waals surface area (Å²) >= 11 is 0. The van der Waals surface area contributed by atoms with Crippen LogP contribution >= 0.6 is 0 Å². The summed E-state index contributed by atoms with van der Waals surface area (Å²) in [4.78, 5) is 0. The molecule has 1 atom stereocenters. The van der Waals surface area contributed by atoms with Crippen LogP contribution in [0.5, 0.6) is 5.75 Å². The molecule has 0 saturated heterocycles. The molecular weight excluding hydrogens is 228 g/mol. The number of hydrogen-bond acceptors (Lipinski definition) is 3. The predicted octanol–water partition coefficient (Wildman–Crippen LogP) is 0.891. The highest BCUT2D eigenvalue weighted by Gasteiger charge is 2.22. The summed E-state index contributed by atoms with van der Waals surface area (Å²) in [7, 11) is -0.716. The van der Waals surface area contributed by atoms with E-state index in [2.05, 4.69) is 0 Å². The molecule has 2 N–H and O–H groups in total. The van der Waals surface area contributed by atoms with Crippen molar-refractivity contribution >= 4 is 10.2 Å². The van der Waals surface area contributed by atoms with Crippen molar-refractivity contribution in [3.05, 3.63) is 29.8 Å². The molecule has 0 aliphatic carbocycles. The third-order valence-electron chi connectivity index (χ3n) is 2.54. The van der Waals surface area contributed by atoms with Crippen molar-refractivity contribution in [1.82, 2.24) is 4.31 Å². The molecule has 0 unspecified atom stereocenters. The fraction of sp³-hybridized carbons (Fsp3) is 0.400. The van der Waals surface area contributed by atoms with Crippen molar-refractivity contribution in [1.29, 1.82) is 0 Å². The molecule has 0 bridgehead atoms. The predicted molar refractivity (Wildman–Crippen MR) is 62.3 cm³/mol. The van der Waals surface area contributed by atoms with E-state index in [4.69, 9.17) is 9.88 Å². The zero-order chi connectivity index (χ0) is 12.3. The average molecular weight is 244 g/mol. The number of para-hydroxylation sites is 1. The lowest BCUT2D eigenvalue weighted by atomic mass is 10.1. The van der Waals surface area contributed by atoms with Crippen LogP contribution in [0, 0.1) is 0 Å². The number of benzene rings is 1. The number of nitrogens with zero attached hydrogens (tertiary/aromatic N) is 1. The maximum atomic E-state index is 11.2. The maximum absolute atomic E-state index is 11.2. The lowest BCUT2D eigenvalue weighted by molar-refractivity contribution is 0.367. The Kier molecular flexibility index (Phi) is 3.90. The Morgan fingerprint density at radius 2 is 1.94 bits per heavy atom. The van der Waals surface area contributed by atoms with Crippen molar-refractivity contribution in [3.63, 3.8) is 0 Å². The summed E-state index contributed by atoms with van der Waals surface area (Å²) in [6, 6.07) is 6.87. The van der Waals surface area contributed by atoms with E-state index in [1.165, 1.54) is 7.05 Å².